The van der Waals surface area contributed by atoms with Crippen LogP contribution in [-0.4, -0.2) is 53.3 Å². The van der Waals surface area contributed by atoms with E-state index in [4.69, 9.17) is 40.1 Å². The first-order chi connectivity index (χ1) is 18.2. The molecule has 0 fully saturated rings. The number of nitrogens with zero attached hydrogens (tertiary/aromatic N) is 8. The van der Waals surface area contributed by atoms with E-state index in [0.717, 1.165) is 9.48 Å². The number of amides is 2. The monoisotopic (exact) mass is 580 g/mol. The predicted octanol–water partition coefficient (Wildman–Crippen LogP) is 3.71. The molecule has 4 aromatic rings. The molecule has 0 aliphatic carbocycles. The zero-order valence-corrected chi connectivity index (χ0v) is 21.0. The van der Waals surface area contributed by atoms with E-state index in [1.54, 1.807) is 12.1 Å². The van der Waals surface area contributed by atoms with E-state index in [-0.39, 0.29) is 56.6 Å². The fourth-order valence-electron chi connectivity index (χ4n) is 3.19. The first-order valence-corrected chi connectivity index (χ1v) is 11.5. The molecule has 0 aliphatic heterocycles. The molecular weight excluding hydrogens is 569 g/mol. The Balaban J connectivity index is 1.73. The van der Waals surface area contributed by atoms with Crippen molar-refractivity contribution >= 4 is 52.3 Å². The molecule has 0 saturated heterocycles. The number of halogens is 5. The quantitative estimate of drug-likeness (QED) is 0.298. The molecule has 3 aromatic heterocycles. The highest BCUT2D eigenvalue weighted by atomic mass is 35.5. The summed E-state index contributed by atoms with van der Waals surface area (Å²) in [5.41, 5.74) is -0.120. The van der Waals surface area contributed by atoms with Crippen molar-refractivity contribution in [3.8, 4) is 11.9 Å². The van der Waals surface area contributed by atoms with Crippen LogP contribution >= 0.6 is 34.8 Å². The van der Waals surface area contributed by atoms with E-state index >= 15 is 0 Å². The summed E-state index contributed by atoms with van der Waals surface area (Å²) in [6, 6.07) is 8.77. The number of carbonyl (C=O) groups is 2. The van der Waals surface area contributed by atoms with Crippen LogP contribution in [0.25, 0.3) is 5.82 Å². The summed E-state index contributed by atoms with van der Waals surface area (Å²) in [6.07, 6.45) is -1.50. The average molecular weight is 582 g/mol. The second-order valence-electron chi connectivity index (χ2n) is 7.33. The number of hydrogen-bond acceptors (Lipinski definition) is 8. The summed E-state index contributed by atoms with van der Waals surface area (Å²) in [7, 11) is 0. The number of tetrazole rings is 1. The third kappa shape index (κ3) is 5.86. The van der Waals surface area contributed by atoms with Crippen LogP contribution in [0.5, 0.6) is 0 Å². The van der Waals surface area contributed by atoms with Crippen molar-refractivity contribution in [2.45, 2.75) is 13.0 Å². The van der Waals surface area contributed by atoms with Gasteiger partial charge in [-0.25, -0.2) is 18.4 Å². The molecule has 194 valence electrons. The number of benzene rings is 1. The van der Waals surface area contributed by atoms with E-state index in [0.29, 0.717) is 0 Å². The lowest BCUT2D eigenvalue weighted by molar-refractivity contribution is 0.0959. The van der Waals surface area contributed by atoms with Crippen LogP contribution in [0.1, 0.15) is 38.8 Å². The summed E-state index contributed by atoms with van der Waals surface area (Å²) in [5.74, 6) is -2.18. The fourth-order valence-corrected chi connectivity index (χ4v) is 3.93. The van der Waals surface area contributed by atoms with Gasteiger partial charge in [0.15, 0.2) is 5.82 Å². The third-order valence-corrected chi connectivity index (χ3v) is 5.58. The summed E-state index contributed by atoms with van der Waals surface area (Å²) < 4.78 is 26.8. The van der Waals surface area contributed by atoms with Crippen LogP contribution in [0.2, 0.25) is 15.1 Å². The Morgan fingerprint density at radius 3 is 2.58 bits per heavy atom. The SMILES string of the molecule is N#CCNC(=O)c1cc(Cl)cc(Cl)c1NC(=O)c1cc(Cn2nnc(C(F)F)n2)nn1-c1ncccc1Cl. The molecule has 2 N–H and O–H groups in total. The molecule has 0 aliphatic rings. The second-order valence-corrected chi connectivity index (χ2v) is 8.58. The molecule has 0 atom stereocenters. The van der Waals surface area contributed by atoms with Crippen molar-refractivity contribution in [2.24, 2.45) is 0 Å². The normalized spacial score (nSPS) is 10.9. The number of nitrogens with one attached hydrogen (secondary N) is 2. The summed E-state index contributed by atoms with van der Waals surface area (Å²) >= 11 is 18.6. The maximum absolute atomic E-state index is 13.4. The Morgan fingerprint density at radius 2 is 1.89 bits per heavy atom. The topological polar surface area (TPSA) is 156 Å². The number of alkyl halides is 2. The van der Waals surface area contributed by atoms with Gasteiger partial charge in [-0.05, 0) is 35.5 Å². The van der Waals surface area contributed by atoms with Gasteiger partial charge in [-0.3, -0.25) is 9.59 Å². The zero-order valence-electron chi connectivity index (χ0n) is 18.7. The van der Waals surface area contributed by atoms with Gasteiger partial charge < -0.3 is 10.6 Å². The molecule has 0 unspecified atom stereocenters. The molecule has 2 amide bonds. The Hall–Kier alpha value is -4.19. The lowest BCUT2D eigenvalue weighted by Crippen LogP contribution is -2.26. The zero-order chi connectivity index (χ0) is 27.4. The second kappa shape index (κ2) is 11.5. The van der Waals surface area contributed by atoms with Gasteiger partial charge in [0.2, 0.25) is 5.82 Å². The van der Waals surface area contributed by atoms with Crippen LogP contribution in [0.4, 0.5) is 14.5 Å². The van der Waals surface area contributed by atoms with Gasteiger partial charge in [0.1, 0.15) is 18.8 Å². The fraction of sp³-hybridized carbons (Fsp3) is 0.143. The standard InChI is InChI=1S/C21H13Cl3F2N10O2/c22-10-6-12(20(37)29-5-3-27)16(14(24)7-10)30-21(38)15-8-11(9-35-33-18(17(25)26)31-34-35)32-36(15)19-13(23)2-1-4-28-19/h1-2,4,6-8,17H,5,9H2,(H,29,37)(H,30,38). The van der Waals surface area contributed by atoms with Gasteiger partial charge in [-0.15, -0.1) is 10.2 Å². The average Bonchev–Trinajstić information content (AvgIpc) is 3.52. The minimum absolute atomic E-state index is 0.0542. The molecule has 0 radical (unpaired) electrons. The Morgan fingerprint density at radius 1 is 1.11 bits per heavy atom. The van der Waals surface area contributed by atoms with Crippen molar-refractivity contribution in [3.63, 3.8) is 0 Å². The van der Waals surface area contributed by atoms with Crippen molar-refractivity contribution in [1.82, 2.24) is 40.3 Å². The van der Waals surface area contributed by atoms with Gasteiger partial charge >= 0.3 is 6.43 Å². The summed E-state index contributed by atoms with van der Waals surface area (Å²) in [4.78, 5) is 31.1. The highest BCUT2D eigenvalue weighted by Crippen LogP contribution is 2.31. The van der Waals surface area contributed by atoms with Gasteiger partial charge in [0, 0.05) is 11.2 Å². The van der Waals surface area contributed by atoms with Crippen LogP contribution in [0, 0.1) is 11.3 Å². The maximum Gasteiger partial charge on any atom is 0.301 e. The highest BCUT2D eigenvalue weighted by molar-refractivity contribution is 6.38. The molecular formula is C21H13Cl3F2N10O2. The van der Waals surface area contributed by atoms with Crippen molar-refractivity contribution in [1.29, 1.82) is 5.26 Å². The maximum atomic E-state index is 13.4. The predicted molar refractivity (Wildman–Crippen MR) is 131 cm³/mol. The number of aromatic nitrogens is 7. The van der Waals surface area contributed by atoms with Crippen molar-refractivity contribution in [3.05, 3.63) is 74.4 Å². The van der Waals surface area contributed by atoms with Crippen LogP contribution in [0.3, 0.4) is 0 Å². The minimum atomic E-state index is -2.92. The van der Waals surface area contributed by atoms with Gasteiger partial charge in [0.05, 0.1) is 33.1 Å². The van der Waals surface area contributed by atoms with E-state index in [9.17, 15) is 18.4 Å². The van der Waals surface area contributed by atoms with Crippen molar-refractivity contribution in [2.75, 3.05) is 11.9 Å². The number of hydrogen-bond donors (Lipinski definition) is 2. The number of rotatable bonds is 8. The van der Waals surface area contributed by atoms with E-state index in [1.807, 2.05) is 0 Å². The molecule has 0 spiro atoms. The van der Waals surface area contributed by atoms with Crippen LogP contribution < -0.4 is 10.6 Å². The Kier molecular flexibility index (Phi) is 8.10. The van der Waals surface area contributed by atoms with Gasteiger partial charge in [-0.2, -0.15) is 15.2 Å². The third-order valence-electron chi connectivity index (χ3n) is 4.77. The van der Waals surface area contributed by atoms with E-state index in [2.05, 4.69) is 36.1 Å². The molecule has 0 bridgehead atoms. The van der Waals surface area contributed by atoms with Crippen molar-refractivity contribution < 1.29 is 18.4 Å². The first kappa shape index (κ1) is 26.9. The number of nitriles is 1. The Bertz CT molecular complexity index is 1570. The van der Waals surface area contributed by atoms with Gasteiger partial charge in [0.25, 0.3) is 11.8 Å². The minimum Gasteiger partial charge on any atom is -0.339 e. The number of pyridine rings is 1. The summed E-state index contributed by atoms with van der Waals surface area (Å²) in [6.45, 7) is -0.519. The Labute approximate surface area is 227 Å². The number of anilines is 1. The molecule has 4 rings (SSSR count). The molecule has 17 heteroatoms. The van der Waals surface area contributed by atoms with Crippen LogP contribution in [-0.2, 0) is 6.54 Å². The molecule has 12 nitrogen and oxygen atoms in total. The van der Waals surface area contributed by atoms with Crippen LogP contribution in [0.15, 0.2) is 36.5 Å². The molecule has 3 heterocycles. The highest BCUT2D eigenvalue weighted by Gasteiger charge is 2.24. The summed E-state index contributed by atoms with van der Waals surface area (Å²) in [5, 5.41) is 28.6. The van der Waals surface area contributed by atoms with E-state index < -0.39 is 24.1 Å². The molecule has 0 saturated carbocycles. The molecule has 38 heavy (non-hydrogen) atoms. The lowest BCUT2D eigenvalue weighted by atomic mass is 10.1. The molecule has 1 aromatic carbocycles. The first-order valence-electron chi connectivity index (χ1n) is 10.4. The van der Waals surface area contributed by atoms with Gasteiger partial charge in [-0.1, -0.05) is 34.8 Å². The number of carbonyl (C=O) groups excluding carboxylic acids is 2. The largest absolute Gasteiger partial charge is 0.339 e. The van der Waals surface area contributed by atoms with E-state index in [1.165, 1.54) is 30.5 Å². The lowest BCUT2D eigenvalue weighted by Gasteiger charge is -2.14. The smallest absolute Gasteiger partial charge is 0.301 e.